The number of halogens is 1. The molecule has 2 unspecified atom stereocenters. The van der Waals surface area contributed by atoms with Crippen LogP contribution >= 0.6 is 12.4 Å². The third kappa shape index (κ3) is 4.91. The summed E-state index contributed by atoms with van der Waals surface area (Å²) >= 11 is 0. The zero-order valence-corrected chi connectivity index (χ0v) is 14.1. The van der Waals surface area contributed by atoms with Gasteiger partial charge < -0.3 is 19.7 Å². The maximum Gasteiger partial charge on any atom is 0.253 e. The predicted octanol–water partition coefficient (Wildman–Crippen LogP) is 1.26. The molecule has 2 aliphatic rings. The van der Waals surface area contributed by atoms with Gasteiger partial charge >= 0.3 is 0 Å². The van der Waals surface area contributed by atoms with Crippen LogP contribution in [0.3, 0.4) is 0 Å². The normalized spacial score (nSPS) is 24.0. The van der Waals surface area contributed by atoms with Gasteiger partial charge in [0.05, 0.1) is 19.3 Å². The Bertz CT molecular complexity index is 474. The molecule has 2 saturated heterocycles. The molecule has 3 rings (SSSR count). The van der Waals surface area contributed by atoms with Crippen LogP contribution in [0.4, 0.5) is 0 Å². The number of nitrogens with zero attached hydrogens (tertiary/aromatic N) is 1. The van der Waals surface area contributed by atoms with Gasteiger partial charge in [-0.15, -0.1) is 12.4 Å². The van der Waals surface area contributed by atoms with Crippen molar-refractivity contribution in [1.29, 1.82) is 0 Å². The number of rotatable bonds is 5. The summed E-state index contributed by atoms with van der Waals surface area (Å²) in [6.45, 7) is 4.12. The number of hydrogen-bond acceptors (Lipinski definition) is 4. The second kappa shape index (κ2) is 9.23. The first-order chi connectivity index (χ1) is 10.8. The van der Waals surface area contributed by atoms with E-state index in [1.807, 2.05) is 23.1 Å². The molecule has 6 heteroatoms. The molecule has 2 aliphatic heterocycles. The summed E-state index contributed by atoms with van der Waals surface area (Å²) in [5, 5.41) is 3.23. The van der Waals surface area contributed by atoms with Crippen LogP contribution in [0.2, 0.25) is 0 Å². The molecule has 2 fully saturated rings. The molecule has 23 heavy (non-hydrogen) atoms. The molecule has 1 N–H and O–H groups in total. The topological polar surface area (TPSA) is 50.8 Å². The van der Waals surface area contributed by atoms with Crippen LogP contribution < -0.4 is 5.32 Å². The molecule has 128 valence electrons. The van der Waals surface area contributed by atoms with Crippen LogP contribution in [0.15, 0.2) is 30.3 Å². The molecule has 0 bridgehead atoms. The number of nitrogens with one attached hydrogen (secondary N) is 1. The molecule has 5 nitrogen and oxygen atoms in total. The predicted molar refractivity (Wildman–Crippen MR) is 90.9 cm³/mol. The molecule has 2 heterocycles. The Morgan fingerprint density at radius 3 is 2.74 bits per heavy atom. The standard InChI is InChI=1S/C17H24N2O3.ClH/c20-17(16-12-18-8-11-22-16)19(15-7-10-21-13-15)9-6-14-4-2-1-3-5-14;/h1-5,15-16,18H,6-13H2;1H. The number of amides is 1. The summed E-state index contributed by atoms with van der Waals surface area (Å²) in [5.41, 5.74) is 1.25. The summed E-state index contributed by atoms with van der Waals surface area (Å²) in [7, 11) is 0. The molecule has 2 atom stereocenters. The van der Waals surface area contributed by atoms with Crippen LogP contribution in [0.5, 0.6) is 0 Å². The molecule has 1 amide bonds. The highest BCUT2D eigenvalue weighted by atomic mass is 35.5. The van der Waals surface area contributed by atoms with Crippen molar-refractivity contribution in [2.24, 2.45) is 0 Å². The van der Waals surface area contributed by atoms with E-state index < -0.39 is 0 Å². The third-order valence-electron chi connectivity index (χ3n) is 4.32. The average molecular weight is 341 g/mol. The Morgan fingerprint density at radius 2 is 2.09 bits per heavy atom. The van der Waals surface area contributed by atoms with Crippen molar-refractivity contribution in [2.75, 3.05) is 39.5 Å². The molecule has 1 aromatic rings. The van der Waals surface area contributed by atoms with Gasteiger partial charge in [0.1, 0.15) is 6.10 Å². The number of carbonyl (C=O) groups is 1. The molecule has 0 saturated carbocycles. The lowest BCUT2D eigenvalue weighted by Gasteiger charge is -2.33. The zero-order valence-electron chi connectivity index (χ0n) is 13.3. The fourth-order valence-corrected chi connectivity index (χ4v) is 3.04. The maximum absolute atomic E-state index is 12.8. The van der Waals surface area contributed by atoms with Gasteiger partial charge in [0.15, 0.2) is 0 Å². The van der Waals surface area contributed by atoms with E-state index in [9.17, 15) is 4.79 Å². The van der Waals surface area contributed by atoms with Crippen molar-refractivity contribution in [3.63, 3.8) is 0 Å². The Morgan fingerprint density at radius 1 is 1.26 bits per heavy atom. The summed E-state index contributed by atoms with van der Waals surface area (Å²) < 4.78 is 11.1. The second-order valence-electron chi connectivity index (χ2n) is 5.85. The Hall–Kier alpha value is -1.14. The van der Waals surface area contributed by atoms with Gasteiger partial charge in [-0.25, -0.2) is 0 Å². The SMILES string of the molecule is Cl.O=C(C1CNCCO1)N(CCc1ccccc1)C1CCOC1. The minimum atomic E-state index is -0.356. The van der Waals surface area contributed by atoms with E-state index in [1.54, 1.807) is 0 Å². The first-order valence-corrected chi connectivity index (χ1v) is 8.09. The van der Waals surface area contributed by atoms with E-state index in [-0.39, 0.29) is 30.5 Å². The van der Waals surface area contributed by atoms with Gasteiger partial charge in [-0.05, 0) is 18.4 Å². The maximum atomic E-state index is 12.8. The molecular weight excluding hydrogens is 316 g/mol. The van der Waals surface area contributed by atoms with Crippen LogP contribution in [0, 0.1) is 0 Å². The van der Waals surface area contributed by atoms with Gasteiger partial charge in [0.25, 0.3) is 5.91 Å². The quantitative estimate of drug-likeness (QED) is 0.876. The molecule has 0 spiro atoms. The van der Waals surface area contributed by atoms with Crippen molar-refractivity contribution in [2.45, 2.75) is 25.0 Å². The first-order valence-electron chi connectivity index (χ1n) is 8.09. The average Bonchev–Trinajstić information content (AvgIpc) is 3.11. The fourth-order valence-electron chi connectivity index (χ4n) is 3.04. The second-order valence-corrected chi connectivity index (χ2v) is 5.85. The summed E-state index contributed by atoms with van der Waals surface area (Å²) in [6, 6.07) is 10.5. The molecule has 1 aromatic carbocycles. The van der Waals surface area contributed by atoms with Crippen LogP contribution in [-0.2, 0) is 20.7 Å². The van der Waals surface area contributed by atoms with Gasteiger partial charge in [-0.2, -0.15) is 0 Å². The molecule has 0 aliphatic carbocycles. The van der Waals surface area contributed by atoms with E-state index in [0.29, 0.717) is 19.8 Å². The van der Waals surface area contributed by atoms with Crippen molar-refractivity contribution in [1.82, 2.24) is 10.2 Å². The number of benzene rings is 1. The first kappa shape index (κ1) is 18.2. The Balaban J connectivity index is 0.00000192. The van der Waals surface area contributed by atoms with E-state index in [1.165, 1.54) is 5.56 Å². The summed E-state index contributed by atoms with van der Waals surface area (Å²) in [5.74, 6) is 0.0960. The molecule has 0 aromatic heterocycles. The summed E-state index contributed by atoms with van der Waals surface area (Å²) in [6.07, 6.45) is 1.43. The van der Waals surface area contributed by atoms with E-state index in [0.717, 1.165) is 32.5 Å². The number of hydrogen-bond donors (Lipinski definition) is 1. The highest BCUT2D eigenvalue weighted by molar-refractivity contribution is 5.85. The van der Waals surface area contributed by atoms with E-state index in [4.69, 9.17) is 9.47 Å². The number of morpholine rings is 1. The largest absolute Gasteiger partial charge is 0.379 e. The lowest BCUT2D eigenvalue weighted by atomic mass is 10.1. The highest BCUT2D eigenvalue weighted by Crippen LogP contribution is 2.16. The van der Waals surface area contributed by atoms with Crippen molar-refractivity contribution in [3.8, 4) is 0 Å². The fraction of sp³-hybridized carbons (Fsp3) is 0.588. The lowest BCUT2D eigenvalue weighted by Crippen LogP contribution is -2.53. The van der Waals surface area contributed by atoms with Gasteiger partial charge in [0.2, 0.25) is 0 Å². The minimum Gasteiger partial charge on any atom is -0.379 e. The van der Waals surface area contributed by atoms with Crippen LogP contribution in [0.1, 0.15) is 12.0 Å². The Labute approximate surface area is 143 Å². The lowest BCUT2D eigenvalue weighted by molar-refractivity contribution is -0.147. The molecule has 0 radical (unpaired) electrons. The Kier molecular flexibility index (Phi) is 7.30. The van der Waals surface area contributed by atoms with Crippen molar-refractivity contribution in [3.05, 3.63) is 35.9 Å². The van der Waals surface area contributed by atoms with Crippen molar-refractivity contribution >= 4 is 18.3 Å². The summed E-state index contributed by atoms with van der Waals surface area (Å²) in [4.78, 5) is 14.8. The number of carbonyl (C=O) groups excluding carboxylic acids is 1. The van der Waals surface area contributed by atoms with Crippen LogP contribution in [0.25, 0.3) is 0 Å². The highest BCUT2D eigenvalue weighted by Gasteiger charge is 2.32. The minimum absolute atomic E-state index is 0. The smallest absolute Gasteiger partial charge is 0.253 e. The van der Waals surface area contributed by atoms with Crippen molar-refractivity contribution < 1.29 is 14.3 Å². The van der Waals surface area contributed by atoms with E-state index >= 15 is 0 Å². The molecular formula is C17H25ClN2O3. The van der Waals surface area contributed by atoms with E-state index in [2.05, 4.69) is 17.4 Å². The third-order valence-corrected chi connectivity index (χ3v) is 4.32. The van der Waals surface area contributed by atoms with Crippen LogP contribution in [-0.4, -0.2) is 62.4 Å². The zero-order chi connectivity index (χ0) is 15.2. The number of ether oxygens (including phenoxy) is 2. The monoisotopic (exact) mass is 340 g/mol. The van der Waals surface area contributed by atoms with Gasteiger partial charge in [-0.3, -0.25) is 4.79 Å². The van der Waals surface area contributed by atoms with Gasteiger partial charge in [0, 0.05) is 26.2 Å². The van der Waals surface area contributed by atoms with Gasteiger partial charge in [-0.1, -0.05) is 30.3 Å².